The highest BCUT2D eigenvalue weighted by Crippen LogP contribution is 2.31. The van der Waals surface area contributed by atoms with E-state index in [0.717, 1.165) is 32.3 Å². The van der Waals surface area contributed by atoms with Gasteiger partial charge >= 0.3 is 0 Å². The van der Waals surface area contributed by atoms with Crippen LogP contribution in [0.25, 0.3) is 0 Å². The van der Waals surface area contributed by atoms with Gasteiger partial charge in [0.05, 0.1) is 12.1 Å². The summed E-state index contributed by atoms with van der Waals surface area (Å²) < 4.78 is 5.71. The van der Waals surface area contributed by atoms with Crippen molar-refractivity contribution in [1.82, 2.24) is 10.2 Å². The Bertz CT molecular complexity index is 443. The molecule has 3 heterocycles. The van der Waals surface area contributed by atoms with Crippen LogP contribution in [-0.2, 0) is 9.53 Å². The third-order valence-corrected chi connectivity index (χ3v) is 4.99. The van der Waals surface area contributed by atoms with Gasteiger partial charge in [-0.25, -0.2) is 0 Å². The monoisotopic (exact) mass is 294 g/mol. The maximum absolute atomic E-state index is 12.6. The molecule has 20 heavy (non-hydrogen) atoms. The maximum Gasteiger partial charge on any atom is 0.241 e. The molecule has 2 aliphatic heterocycles. The molecule has 0 aromatic carbocycles. The van der Waals surface area contributed by atoms with Crippen molar-refractivity contribution < 1.29 is 9.53 Å². The van der Waals surface area contributed by atoms with Gasteiger partial charge in [0, 0.05) is 18.0 Å². The third kappa shape index (κ3) is 2.75. The maximum atomic E-state index is 12.6. The zero-order chi connectivity index (χ0) is 13.9. The molecule has 2 saturated heterocycles. The second-order valence-electron chi connectivity index (χ2n) is 5.55. The van der Waals surface area contributed by atoms with Crippen molar-refractivity contribution >= 4 is 17.2 Å². The molecule has 1 aromatic heterocycles. The number of ether oxygens (including phenoxy) is 1. The fourth-order valence-corrected chi connectivity index (χ4v) is 3.86. The quantitative estimate of drug-likeness (QED) is 0.907. The summed E-state index contributed by atoms with van der Waals surface area (Å²) in [6.45, 7) is 3.68. The van der Waals surface area contributed by atoms with E-state index in [2.05, 4.69) is 23.7 Å². The molecule has 3 rings (SSSR count). The summed E-state index contributed by atoms with van der Waals surface area (Å²) in [5, 5.41) is 5.57. The molecule has 0 spiro atoms. The van der Waals surface area contributed by atoms with Gasteiger partial charge in [0.2, 0.25) is 5.91 Å². The fraction of sp³-hybridized carbons (Fsp3) is 0.667. The lowest BCUT2D eigenvalue weighted by Gasteiger charge is -2.25. The van der Waals surface area contributed by atoms with Gasteiger partial charge < -0.3 is 9.64 Å². The van der Waals surface area contributed by atoms with Crippen LogP contribution in [-0.4, -0.2) is 36.1 Å². The van der Waals surface area contributed by atoms with Gasteiger partial charge in [-0.05, 0) is 30.7 Å². The Balaban J connectivity index is 1.76. The van der Waals surface area contributed by atoms with Crippen molar-refractivity contribution in [3.63, 3.8) is 0 Å². The number of carbonyl (C=O) groups is 1. The summed E-state index contributed by atoms with van der Waals surface area (Å²) in [5.41, 5.74) is 0. The van der Waals surface area contributed by atoms with E-state index >= 15 is 0 Å². The average Bonchev–Trinajstić information content (AvgIpc) is 3.16. The Hall–Kier alpha value is -0.910. The standard InChI is InChI=1S/C15H22N2O2S/c1-2-5-12-15(18)17(10-11-6-3-8-19-11)14(16-12)13-7-4-9-20-13/h4,7,9,11-12,14,16H,2-3,5-6,8,10H2,1H3. The van der Waals surface area contributed by atoms with Crippen LogP contribution in [0.1, 0.15) is 43.6 Å². The Morgan fingerprint density at radius 3 is 3.10 bits per heavy atom. The van der Waals surface area contributed by atoms with Crippen LogP contribution in [0.5, 0.6) is 0 Å². The number of rotatable bonds is 5. The van der Waals surface area contributed by atoms with E-state index in [0.29, 0.717) is 6.54 Å². The Kier molecular flexibility index (Phi) is 4.38. The summed E-state index contributed by atoms with van der Waals surface area (Å²) in [6, 6.07) is 4.12. The van der Waals surface area contributed by atoms with Crippen LogP contribution in [0.4, 0.5) is 0 Å². The van der Waals surface area contributed by atoms with Crippen molar-refractivity contribution in [2.75, 3.05) is 13.2 Å². The molecular formula is C15H22N2O2S. The highest BCUT2D eigenvalue weighted by atomic mass is 32.1. The molecule has 3 unspecified atom stereocenters. The van der Waals surface area contributed by atoms with Gasteiger partial charge in [-0.3, -0.25) is 10.1 Å². The lowest BCUT2D eigenvalue weighted by molar-refractivity contribution is -0.131. The number of nitrogens with one attached hydrogen (secondary N) is 1. The van der Waals surface area contributed by atoms with Crippen molar-refractivity contribution in [3.8, 4) is 0 Å². The highest BCUT2D eigenvalue weighted by Gasteiger charge is 2.40. The van der Waals surface area contributed by atoms with Crippen LogP contribution in [0.15, 0.2) is 17.5 Å². The summed E-state index contributed by atoms with van der Waals surface area (Å²) >= 11 is 1.71. The number of nitrogens with zero attached hydrogens (tertiary/aromatic N) is 1. The van der Waals surface area contributed by atoms with Crippen molar-refractivity contribution in [2.45, 2.75) is 50.9 Å². The van der Waals surface area contributed by atoms with Crippen LogP contribution in [0.3, 0.4) is 0 Å². The molecule has 0 radical (unpaired) electrons. The minimum atomic E-state index is -0.0338. The smallest absolute Gasteiger partial charge is 0.241 e. The van der Waals surface area contributed by atoms with Gasteiger partial charge in [-0.1, -0.05) is 19.4 Å². The first kappa shape index (κ1) is 14.0. The predicted molar refractivity (Wildman–Crippen MR) is 79.6 cm³/mol. The summed E-state index contributed by atoms with van der Waals surface area (Å²) in [5.74, 6) is 0.237. The van der Waals surface area contributed by atoms with Crippen LogP contribution in [0.2, 0.25) is 0 Å². The first-order valence-electron chi connectivity index (χ1n) is 7.51. The predicted octanol–water partition coefficient (Wildman–Crippen LogP) is 2.53. The molecule has 3 atom stereocenters. The minimum Gasteiger partial charge on any atom is -0.376 e. The molecule has 110 valence electrons. The van der Waals surface area contributed by atoms with Crippen LogP contribution < -0.4 is 5.32 Å². The normalized spacial score (nSPS) is 30.4. The van der Waals surface area contributed by atoms with E-state index in [-0.39, 0.29) is 24.2 Å². The highest BCUT2D eigenvalue weighted by molar-refractivity contribution is 7.10. The first-order chi connectivity index (χ1) is 9.79. The van der Waals surface area contributed by atoms with Gasteiger partial charge in [0.15, 0.2) is 0 Å². The topological polar surface area (TPSA) is 41.6 Å². The van der Waals surface area contributed by atoms with E-state index < -0.39 is 0 Å². The number of hydrogen-bond acceptors (Lipinski definition) is 4. The van der Waals surface area contributed by atoms with Crippen LogP contribution in [0, 0.1) is 0 Å². The van der Waals surface area contributed by atoms with Gasteiger partial charge in [-0.2, -0.15) is 0 Å². The van der Waals surface area contributed by atoms with Crippen LogP contribution >= 0.6 is 11.3 Å². The number of carbonyl (C=O) groups excluding carboxylic acids is 1. The Labute approximate surface area is 124 Å². The molecule has 1 aromatic rings. The number of hydrogen-bond donors (Lipinski definition) is 1. The molecule has 0 bridgehead atoms. The fourth-order valence-electron chi connectivity index (χ4n) is 3.06. The molecule has 2 aliphatic rings. The van der Waals surface area contributed by atoms with E-state index in [4.69, 9.17) is 4.74 Å². The molecule has 2 fully saturated rings. The summed E-state index contributed by atoms with van der Waals surface area (Å²) in [6.07, 6.45) is 4.35. The molecule has 5 heteroatoms. The molecular weight excluding hydrogens is 272 g/mol. The molecule has 0 aliphatic carbocycles. The van der Waals surface area contributed by atoms with Crippen molar-refractivity contribution in [3.05, 3.63) is 22.4 Å². The third-order valence-electron chi connectivity index (χ3n) is 4.07. The molecule has 4 nitrogen and oxygen atoms in total. The van der Waals surface area contributed by atoms with E-state index in [1.807, 2.05) is 11.0 Å². The summed E-state index contributed by atoms with van der Waals surface area (Å²) in [4.78, 5) is 15.8. The second kappa shape index (κ2) is 6.24. The van der Waals surface area contributed by atoms with Crippen molar-refractivity contribution in [1.29, 1.82) is 0 Å². The second-order valence-corrected chi connectivity index (χ2v) is 6.53. The minimum absolute atomic E-state index is 0.0308. The molecule has 1 N–H and O–H groups in total. The Morgan fingerprint density at radius 1 is 1.55 bits per heavy atom. The molecule has 0 saturated carbocycles. The van der Waals surface area contributed by atoms with Gasteiger partial charge in [-0.15, -0.1) is 11.3 Å². The lowest BCUT2D eigenvalue weighted by Crippen LogP contribution is -2.37. The molecule has 1 amide bonds. The van der Waals surface area contributed by atoms with E-state index in [1.54, 1.807) is 11.3 Å². The first-order valence-corrected chi connectivity index (χ1v) is 8.39. The van der Waals surface area contributed by atoms with E-state index in [9.17, 15) is 4.79 Å². The largest absolute Gasteiger partial charge is 0.376 e. The van der Waals surface area contributed by atoms with E-state index in [1.165, 1.54) is 4.88 Å². The zero-order valence-electron chi connectivity index (χ0n) is 11.9. The van der Waals surface area contributed by atoms with Gasteiger partial charge in [0.25, 0.3) is 0 Å². The number of thiophene rings is 1. The van der Waals surface area contributed by atoms with Crippen molar-refractivity contribution in [2.24, 2.45) is 0 Å². The SMILES string of the molecule is CCCC1NC(c2cccs2)N(CC2CCCO2)C1=O. The lowest BCUT2D eigenvalue weighted by atomic mass is 10.1. The summed E-state index contributed by atoms with van der Waals surface area (Å²) in [7, 11) is 0. The van der Waals surface area contributed by atoms with Gasteiger partial charge in [0.1, 0.15) is 6.17 Å². The Morgan fingerprint density at radius 2 is 2.45 bits per heavy atom. The number of amides is 1. The average molecular weight is 294 g/mol. The zero-order valence-corrected chi connectivity index (χ0v) is 12.7.